The molecule has 2 N–H and O–H groups in total. The first kappa shape index (κ1) is 10.4. The van der Waals surface area contributed by atoms with E-state index in [0.717, 1.165) is 25.7 Å². The predicted octanol–water partition coefficient (Wildman–Crippen LogP) is 1.14. The molecule has 4 nitrogen and oxygen atoms in total. The number of carbonyl (C=O) groups is 1. The van der Waals surface area contributed by atoms with Crippen LogP contribution >= 0.6 is 0 Å². The second-order valence-electron chi connectivity index (χ2n) is 4.19. The second-order valence-corrected chi connectivity index (χ2v) is 4.19. The predicted molar refractivity (Wildman–Crippen MR) is 57.3 cm³/mol. The Morgan fingerprint density at radius 3 is 2.67 bits per heavy atom. The number of imidazole rings is 1. The van der Waals surface area contributed by atoms with Crippen LogP contribution in [0.2, 0.25) is 0 Å². The minimum absolute atomic E-state index is 0.195. The van der Waals surface area contributed by atoms with E-state index in [1.165, 1.54) is 0 Å². The van der Waals surface area contributed by atoms with Gasteiger partial charge in [0.25, 0.3) is 0 Å². The second kappa shape index (κ2) is 4.57. The van der Waals surface area contributed by atoms with Gasteiger partial charge in [-0.15, -0.1) is 0 Å². The molecule has 1 saturated carbocycles. The van der Waals surface area contributed by atoms with E-state index >= 15 is 0 Å². The fourth-order valence-electron chi connectivity index (χ4n) is 2.35. The van der Waals surface area contributed by atoms with Gasteiger partial charge in [0.2, 0.25) is 0 Å². The van der Waals surface area contributed by atoms with E-state index in [1.807, 2.05) is 12.5 Å². The lowest BCUT2D eigenvalue weighted by atomic mass is 9.83. The highest BCUT2D eigenvalue weighted by atomic mass is 16.1. The Morgan fingerprint density at radius 1 is 1.40 bits per heavy atom. The van der Waals surface area contributed by atoms with E-state index in [0.29, 0.717) is 6.04 Å². The number of rotatable bonds is 3. The fraction of sp³-hybridized carbons (Fsp3) is 0.636. The third-order valence-electron chi connectivity index (χ3n) is 3.30. The summed E-state index contributed by atoms with van der Waals surface area (Å²) in [7, 11) is 0. The summed E-state index contributed by atoms with van der Waals surface area (Å²) in [6.07, 6.45) is 9.72. The third-order valence-corrected chi connectivity index (χ3v) is 3.30. The van der Waals surface area contributed by atoms with Crippen LogP contribution in [0, 0.1) is 5.92 Å². The molecule has 1 heterocycles. The highest BCUT2D eigenvalue weighted by molar-refractivity contribution is 5.82. The first-order chi connectivity index (χ1) is 7.31. The number of nitrogens with two attached hydrogens (primary N) is 1. The molecule has 0 spiro atoms. The zero-order chi connectivity index (χ0) is 10.7. The molecule has 0 aliphatic heterocycles. The van der Waals surface area contributed by atoms with Gasteiger partial charge < -0.3 is 10.3 Å². The summed E-state index contributed by atoms with van der Waals surface area (Å²) in [4.78, 5) is 15.5. The van der Waals surface area contributed by atoms with E-state index in [1.54, 1.807) is 6.20 Å². The normalized spacial score (nSPS) is 26.5. The molecule has 1 aliphatic rings. The lowest BCUT2D eigenvalue weighted by Crippen LogP contribution is -2.27. The third kappa shape index (κ3) is 2.26. The zero-order valence-electron chi connectivity index (χ0n) is 8.80. The highest BCUT2D eigenvalue weighted by Crippen LogP contribution is 2.32. The Bertz CT molecular complexity index is 313. The number of ketones is 1. The van der Waals surface area contributed by atoms with E-state index in [-0.39, 0.29) is 18.2 Å². The van der Waals surface area contributed by atoms with Gasteiger partial charge in [-0.25, -0.2) is 4.98 Å². The van der Waals surface area contributed by atoms with Crippen molar-refractivity contribution in [3.05, 3.63) is 18.7 Å². The van der Waals surface area contributed by atoms with Gasteiger partial charge in [0.15, 0.2) is 0 Å². The molecular weight excluding hydrogens is 190 g/mol. The van der Waals surface area contributed by atoms with Crippen molar-refractivity contribution in [2.75, 3.05) is 6.54 Å². The van der Waals surface area contributed by atoms with Crippen molar-refractivity contribution in [3.8, 4) is 0 Å². The van der Waals surface area contributed by atoms with Crippen molar-refractivity contribution >= 4 is 5.78 Å². The average molecular weight is 207 g/mol. The van der Waals surface area contributed by atoms with E-state index in [9.17, 15) is 4.79 Å². The fourth-order valence-corrected chi connectivity index (χ4v) is 2.35. The standard InChI is InChI=1S/C11H17N3O/c12-7-11(15)9-1-3-10(4-2-9)14-6-5-13-8-14/h5-6,8-10H,1-4,7,12H2. The van der Waals surface area contributed by atoms with Gasteiger partial charge in [0.1, 0.15) is 5.78 Å². The first-order valence-electron chi connectivity index (χ1n) is 5.51. The largest absolute Gasteiger partial charge is 0.334 e. The molecule has 4 heteroatoms. The van der Waals surface area contributed by atoms with Crippen molar-refractivity contribution in [1.29, 1.82) is 0 Å². The highest BCUT2D eigenvalue weighted by Gasteiger charge is 2.25. The van der Waals surface area contributed by atoms with E-state index < -0.39 is 0 Å². The summed E-state index contributed by atoms with van der Waals surface area (Å²) in [6, 6.07) is 0.523. The number of carbonyl (C=O) groups excluding carboxylic acids is 1. The lowest BCUT2D eigenvalue weighted by Gasteiger charge is -2.28. The van der Waals surface area contributed by atoms with E-state index in [2.05, 4.69) is 9.55 Å². The lowest BCUT2D eigenvalue weighted by molar-refractivity contribution is -0.122. The zero-order valence-corrected chi connectivity index (χ0v) is 8.80. The molecule has 1 fully saturated rings. The minimum Gasteiger partial charge on any atom is -0.334 e. The number of aromatic nitrogens is 2. The molecule has 0 saturated heterocycles. The maximum atomic E-state index is 11.4. The molecule has 2 rings (SSSR count). The van der Waals surface area contributed by atoms with Crippen LogP contribution in [-0.4, -0.2) is 21.9 Å². The van der Waals surface area contributed by atoms with Crippen molar-refractivity contribution in [3.63, 3.8) is 0 Å². The van der Waals surface area contributed by atoms with Gasteiger partial charge in [-0.05, 0) is 25.7 Å². The Morgan fingerprint density at radius 2 is 2.13 bits per heavy atom. The Hall–Kier alpha value is -1.16. The molecule has 82 valence electrons. The number of Topliss-reactive ketones (excluding diaryl/α,β-unsaturated/α-hetero) is 1. The quantitative estimate of drug-likeness (QED) is 0.808. The maximum absolute atomic E-state index is 11.4. The summed E-state index contributed by atoms with van der Waals surface area (Å²) in [5, 5.41) is 0. The van der Waals surface area contributed by atoms with Crippen LogP contribution in [0.3, 0.4) is 0 Å². The molecule has 0 atom stereocenters. The van der Waals surface area contributed by atoms with Gasteiger partial charge in [-0.2, -0.15) is 0 Å². The molecular formula is C11H17N3O. The van der Waals surface area contributed by atoms with Crippen molar-refractivity contribution < 1.29 is 4.79 Å². The monoisotopic (exact) mass is 207 g/mol. The van der Waals surface area contributed by atoms with E-state index in [4.69, 9.17) is 5.73 Å². The van der Waals surface area contributed by atoms with Crippen molar-refractivity contribution in [2.24, 2.45) is 11.7 Å². The number of nitrogens with zero attached hydrogens (tertiary/aromatic N) is 2. The van der Waals surface area contributed by atoms with Crippen LogP contribution in [0.4, 0.5) is 0 Å². The van der Waals surface area contributed by atoms with Crippen LogP contribution in [0.25, 0.3) is 0 Å². The van der Waals surface area contributed by atoms with Crippen LogP contribution in [0.15, 0.2) is 18.7 Å². The maximum Gasteiger partial charge on any atom is 0.149 e. The van der Waals surface area contributed by atoms with Crippen LogP contribution in [0.1, 0.15) is 31.7 Å². The summed E-state index contributed by atoms with van der Waals surface area (Å²) in [6.45, 7) is 0.195. The number of hydrogen-bond acceptors (Lipinski definition) is 3. The number of hydrogen-bond donors (Lipinski definition) is 1. The Balaban J connectivity index is 1.90. The van der Waals surface area contributed by atoms with Gasteiger partial charge >= 0.3 is 0 Å². The molecule has 0 bridgehead atoms. The minimum atomic E-state index is 0.195. The summed E-state index contributed by atoms with van der Waals surface area (Å²) in [5.41, 5.74) is 5.37. The Kier molecular flexibility index (Phi) is 3.16. The van der Waals surface area contributed by atoms with Gasteiger partial charge in [0.05, 0.1) is 12.9 Å². The summed E-state index contributed by atoms with van der Waals surface area (Å²) >= 11 is 0. The van der Waals surface area contributed by atoms with Gasteiger partial charge in [-0.1, -0.05) is 0 Å². The van der Waals surface area contributed by atoms with Gasteiger partial charge in [0, 0.05) is 24.4 Å². The molecule has 0 unspecified atom stereocenters. The van der Waals surface area contributed by atoms with Crippen LogP contribution in [0.5, 0.6) is 0 Å². The van der Waals surface area contributed by atoms with Crippen LogP contribution in [-0.2, 0) is 4.79 Å². The molecule has 1 aliphatic carbocycles. The molecule has 15 heavy (non-hydrogen) atoms. The molecule has 1 aromatic heterocycles. The topological polar surface area (TPSA) is 60.9 Å². The smallest absolute Gasteiger partial charge is 0.149 e. The average Bonchev–Trinajstić information content (AvgIpc) is 2.82. The molecule has 0 amide bonds. The summed E-state index contributed by atoms with van der Waals surface area (Å²) in [5.74, 6) is 0.425. The van der Waals surface area contributed by atoms with Crippen LogP contribution < -0.4 is 5.73 Å². The first-order valence-corrected chi connectivity index (χ1v) is 5.51. The molecule has 0 radical (unpaired) electrons. The molecule has 1 aromatic rings. The molecule has 0 aromatic carbocycles. The van der Waals surface area contributed by atoms with Crippen molar-refractivity contribution in [1.82, 2.24) is 9.55 Å². The van der Waals surface area contributed by atoms with Crippen molar-refractivity contribution in [2.45, 2.75) is 31.7 Å². The SMILES string of the molecule is NCC(=O)C1CCC(n2ccnc2)CC1. The van der Waals surface area contributed by atoms with Gasteiger partial charge in [-0.3, -0.25) is 4.79 Å². The Labute approximate surface area is 89.5 Å². The summed E-state index contributed by atoms with van der Waals surface area (Å²) < 4.78 is 2.14.